The molecule has 0 spiro atoms. The van der Waals surface area contributed by atoms with Crippen LogP contribution in [0.3, 0.4) is 0 Å². The standard InChI is InChI=1S/C12H23NO/c1-3-9(2)8-13-11-6-7-14-12(11)10-4-5-10/h9-13H,3-8H2,1-2H3. The lowest BCUT2D eigenvalue weighted by Gasteiger charge is -2.21. The molecule has 3 atom stereocenters. The molecular weight excluding hydrogens is 174 g/mol. The molecule has 2 rings (SSSR count). The van der Waals surface area contributed by atoms with Crippen LogP contribution in [0.2, 0.25) is 0 Å². The maximum absolute atomic E-state index is 5.79. The van der Waals surface area contributed by atoms with Crippen molar-refractivity contribution < 1.29 is 4.74 Å². The topological polar surface area (TPSA) is 21.3 Å². The largest absolute Gasteiger partial charge is 0.376 e. The van der Waals surface area contributed by atoms with Crippen LogP contribution in [-0.4, -0.2) is 25.3 Å². The summed E-state index contributed by atoms with van der Waals surface area (Å²) in [5.74, 6) is 1.68. The summed E-state index contributed by atoms with van der Waals surface area (Å²) in [6.45, 7) is 6.71. The molecule has 0 radical (unpaired) electrons. The zero-order valence-electron chi connectivity index (χ0n) is 9.46. The minimum atomic E-state index is 0.541. The minimum absolute atomic E-state index is 0.541. The molecule has 0 amide bonds. The van der Waals surface area contributed by atoms with E-state index in [4.69, 9.17) is 4.74 Å². The molecule has 0 aromatic carbocycles. The Morgan fingerprint density at radius 3 is 2.79 bits per heavy atom. The summed E-state index contributed by atoms with van der Waals surface area (Å²) in [5.41, 5.74) is 0. The molecule has 2 aliphatic rings. The van der Waals surface area contributed by atoms with Crippen LogP contribution in [0.5, 0.6) is 0 Å². The van der Waals surface area contributed by atoms with Gasteiger partial charge in [-0.2, -0.15) is 0 Å². The first-order valence-corrected chi connectivity index (χ1v) is 6.16. The predicted octanol–water partition coefficient (Wildman–Crippen LogP) is 2.19. The summed E-state index contributed by atoms with van der Waals surface area (Å²) in [6, 6.07) is 0.650. The fraction of sp³-hybridized carbons (Fsp3) is 1.00. The first kappa shape index (κ1) is 10.4. The van der Waals surface area contributed by atoms with Crippen LogP contribution in [-0.2, 0) is 4.74 Å². The predicted molar refractivity (Wildman–Crippen MR) is 58.3 cm³/mol. The molecule has 14 heavy (non-hydrogen) atoms. The summed E-state index contributed by atoms with van der Waals surface area (Å²) in [4.78, 5) is 0. The van der Waals surface area contributed by atoms with E-state index in [-0.39, 0.29) is 0 Å². The van der Waals surface area contributed by atoms with Gasteiger partial charge in [0.25, 0.3) is 0 Å². The quantitative estimate of drug-likeness (QED) is 0.729. The SMILES string of the molecule is CCC(C)CNC1CCOC1C1CC1. The van der Waals surface area contributed by atoms with Gasteiger partial charge >= 0.3 is 0 Å². The second-order valence-electron chi connectivity index (χ2n) is 4.99. The van der Waals surface area contributed by atoms with Crippen molar-refractivity contribution in [1.29, 1.82) is 0 Å². The maximum Gasteiger partial charge on any atom is 0.0756 e. The van der Waals surface area contributed by atoms with Gasteiger partial charge < -0.3 is 10.1 Å². The highest BCUT2D eigenvalue weighted by Gasteiger charge is 2.40. The first-order chi connectivity index (χ1) is 6.81. The Morgan fingerprint density at radius 1 is 1.36 bits per heavy atom. The molecule has 1 N–H and O–H groups in total. The van der Waals surface area contributed by atoms with Gasteiger partial charge in [-0.3, -0.25) is 0 Å². The van der Waals surface area contributed by atoms with Crippen LogP contribution in [0.25, 0.3) is 0 Å². The van der Waals surface area contributed by atoms with Gasteiger partial charge in [-0.25, -0.2) is 0 Å². The zero-order chi connectivity index (χ0) is 9.97. The van der Waals surface area contributed by atoms with Crippen LogP contribution < -0.4 is 5.32 Å². The molecular formula is C12H23NO. The van der Waals surface area contributed by atoms with Gasteiger partial charge in [-0.1, -0.05) is 20.3 Å². The van der Waals surface area contributed by atoms with E-state index in [1.54, 1.807) is 0 Å². The second-order valence-corrected chi connectivity index (χ2v) is 4.99. The average molecular weight is 197 g/mol. The van der Waals surface area contributed by atoms with Gasteiger partial charge in [0.05, 0.1) is 6.10 Å². The Balaban J connectivity index is 1.73. The van der Waals surface area contributed by atoms with E-state index in [0.29, 0.717) is 12.1 Å². The molecule has 1 aliphatic carbocycles. The fourth-order valence-corrected chi connectivity index (χ4v) is 2.22. The smallest absolute Gasteiger partial charge is 0.0756 e. The van der Waals surface area contributed by atoms with Gasteiger partial charge in [0.2, 0.25) is 0 Å². The Morgan fingerprint density at radius 2 is 2.14 bits per heavy atom. The average Bonchev–Trinajstić information content (AvgIpc) is 2.94. The van der Waals surface area contributed by atoms with Crippen molar-refractivity contribution in [2.75, 3.05) is 13.2 Å². The van der Waals surface area contributed by atoms with Crippen molar-refractivity contribution in [3.63, 3.8) is 0 Å². The first-order valence-electron chi connectivity index (χ1n) is 6.16. The molecule has 1 saturated carbocycles. The summed E-state index contributed by atoms with van der Waals surface area (Å²) >= 11 is 0. The normalized spacial score (nSPS) is 34.7. The lowest BCUT2D eigenvalue weighted by Crippen LogP contribution is -2.39. The molecule has 82 valence electrons. The highest BCUT2D eigenvalue weighted by atomic mass is 16.5. The lowest BCUT2D eigenvalue weighted by atomic mass is 10.0. The number of hydrogen-bond acceptors (Lipinski definition) is 2. The van der Waals surface area contributed by atoms with Crippen LogP contribution in [0.4, 0.5) is 0 Å². The van der Waals surface area contributed by atoms with E-state index in [9.17, 15) is 0 Å². The van der Waals surface area contributed by atoms with Crippen molar-refractivity contribution in [2.24, 2.45) is 11.8 Å². The molecule has 1 aliphatic heterocycles. The van der Waals surface area contributed by atoms with E-state index >= 15 is 0 Å². The van der Waals surface area contributed by atoms with Crippen LogP contribution in [0, 0.1) is 11.8 Å². The van der Waals surface area contributed by atoms with Crippen molar-refractivity contribution in [3.05, 3.63) is 0 Å². The highest BCUT2D eigenvalue weighted by Crippen LogP contribution is 2.38. The fourth-order valence-electron chi connectivity index (χ4n) is 2.22. The van der Waals surface area contributed by atoms with E-state index in [1.807, 2.05) is 0 Å². The van der Waals surface area contributed by atoms with Crippen molar-refractivity contribution in [3.8, 4) is 0 Å². The van der Waals surface area contributed by atoms with Crippen molar-refractivity contribution in [2.45, 2.75) is 51.7 Å². The van der Waals surface area contributed by atoms with Gasteiger partial charge in [-0.15, -0.1) is 0 Å². The Bertz CT molecular complexity index is 179. The van der Waals surface area contributed by atoms with Crippen LogP contribution >= 0.6 is 0 Å². The molecule has 2 nitrogen and oxygen atoms in total. The zero-order valence-corrected chi connectivity index (χ0v) is 9.46. The highest BCUT2D eigenvalue weighted by molar-refractivity contribution is 4.93. The third-order valence-corrected chi connectivity index (χ3v) is 3.65. The van der Waals surface area contributed by atoms with Gasteiger partial charge in [0.15, 0.2) is 0 Å². The third kappa shape index (κ3) is 2.48. The van der Waals surface area contributed by atoms with E-state index < -0.39 is 0 Å². The summed E-state index contributed by atoms with van der Waals surface area (Å²) in [5, 5.41) is 3.68. The van der Waals surface area contributed by atoms with Gasteiger partial charge in [0.1, 0.15) is 0 Å². The number of rotatable bonds is 5. The second kappa shape index (κ2) is 4.63. The number of nitrogens with one attached hydrogen (secondary N) is 1. The van der Waals surface area contributed by atoms with Crippen LogP contribution in [0.1, 0.15) is 39.5 Å². The molecule has 0 aromatic heterocycles. The maximum atomic E-state index is 5.79. The van der Waals surface area contributed by atoms with E-state index in [1.165, 1.54) is 25.7 Å². The number of ether oxygens (including phenoxy) is 1. The monoisotopic (exact) mass is 197 g/mol. The summed E-state index contributed by atoms with van der Waals surface area (Å²) < 4.78 is 5.79. The molecule has 0 aromatic rings. The molecule has 1 saturated heterocycles. The Kier molecular flexibility index (Phi) is 3.45. The molecule has 1 heterocycles. The van der Waals surface area contributed by atoms with E-state index in [0.717, 1.165) is 25.0 Å². The molecule has 0 bridgehead atoms. The Hall–Kier alpha value is -0.0800. The number of hydrogen-bond donors (Lipinski definition) is 1. The molecule has 3 unspecified atom stereocenters. The van der Waals surface area contributed by atoms with Gasteiger partial charge in [-0.05, 0) is 37.6 Å². The molecule has 2 heteroatoms. The van der Waals surface area contributed by atoms with Gasteiger partial charge in [0, 0.05) is 12.6 Å². The van der Waals surface area contributed by atoms with Crippen molar-refractivity contribution >= 4 is 0 Å². The minimum Gasteiger partial charge on any atom is -0.376 e. The summed E-state index contributed by atoms with van der Waals surface area (Å²) in [7, 11) is 0. The van der Waals surface area contributed by atoms with Crippen molar-refractivity contribution in [1.82, 2.24) is 5.32 Å². The lowest BCUT2D eigenvalue weighted by molar-refractivity contribution is 0.0805. The van der Waals surface area contributed by atoms with Crippen LogP contribution in [0.15, 0.2) is 0 Å². The third-order valence-electron chi connectivity index (χ3n) is 3.65. The van der Waals surface area contributed by atoms with E-state index in [2.05, 4.69) is 19.2 Å². The summed E-state index contributed by atoms with van der Waals surface area (Å²) in [6.07, 6.45) is 5.82. The molecule has 2 fully saturated rings. The Labute approximate surface area is 87.4 Å².